The van der Waals surface area contributed by atoms with Crippen LogP contribution in [0.1, 0.15) is 20.3 Å². The third kappa shape index (κ3) is 2.91. The molecule has 1 amide bonds. The van der Waals surface area contributed by atoms with Gasteiger partial charge in [-0.2, -0.15) is 5.10 Å². The molecule has 2 atom stereocenters. The normalized spacial score (nSPS) is 22.7. The van der Waals surface area contributed by atoms with Crippen LogP contribution >= 0.6 is 11.6 Å². The number of hydrogen-bond donors (Lipinski definition) is 0. The van der Waals surface area contributed by atoms with Gasteiger partial charge in [0.2, 0.25) is 5.91 Å². The topological polar surface area (TPSA) is 38.1 Å². The Balaban J connectivity index is 1.79. The first-order chi connectivity index (χ1) is 10.0. The van der Waals surface area contributed by atoms with E-state index >= 15 is 0 Å². The summed E-state index contributed by atoms with van der Waals surface area (Å²) in [5, 5.41) is 5.88. The van der Waals surface area contributed by atoms with Crippen molar-refractivity contribution in [1.82, 2.24) is 14.7 Å². The molecule has 1 saturated heterocycles. The highest BCUT2D eigenvalue weighted by molar-refractivity contribution is 6.35. The lowest BCUT2D eigenvalue weighted by Gasteiger charge is -2.35. The third-order valence-corrected chi connectivity index (χ3v) is 4.47. The number of halogens is 1. The fraction of sp³-hybridized carbons (Fsp3) is 0.500. The fourth-order valence-electron chi connectivity index (χ4n) is 3.29. The fourth-order valence-corrected chi connectivity index (χ4v) is 3.51. The highest BCUT2D eigenvalue weighted by Gasteiger charge is 2.25. The number of likely N-dealkylation sites (tertiary alicyclic amines) is 1. The van der Waals surface area contributed by atoms with Crippen molar-refractivity contribution in [3.8, 4) is 0 Å². The Kier molecular flexibility index (Phi) is 3.89. The second-order valence-corrected chi connectivity index (χ2v) is 6.63. The number of fused-ring (bicyclic) bond motifs is 1. The molecule has 1 aromatic heterocycles. The van der Waals surface area contributed by atoms with Crippen molar-refractivity contribution in [3.05, 3.63) is 29.4 Å². The second-order valence-electron chi connectivity index (χ2n) is 6.22. The van der Waals surface area contributed by atoms with Crippen LogP contribution in [0.15, 0.2) is 24.4 Å². The van der Waals surface area contributed by atoms with E-state index in [1.165, 1.54) is 6.42 Å². The molecular formula is C16H20ClN3O. The maximum Gasteiger partial charge on any atom is 0.244 e. The van der Waals surface area contributed by atoms with Crippen molar-refractivity contribution in [1.29, 1.82) is 0 Å². The molecule has 0 bridgehead atoms. The predicted molar refractivity (Wildman–Crippen MR) is 84.3 cm³/mol. The minimum Gasteiger partial charge on any atom is -0.341 e. The van der Waals surface area contributed by atoms with Gasteiger partial charge in [0.1, 0.15) is 6.54 Å². The van der Waals surface area contributed by atoms with Gasteiger partial charge in [-0.15, -0.1) is 0 Å². The lowest BCUT2D eigenvalue weighted by atomic mass is 9.92. The van der Waals surface area contributed by atoms with E-state index in [0.29, 0.717) is 16.9 Å². The number of amides is 1. The molecule has 0 unspecified atom stereocenters. The molecule has 0 saturated carbocycles. The van der Waals surface area contributed by atoms with Crippen molar-refractivity contribution in [2.75, 3.05) is 13.1 Å². The van der Waals surface area contributed by atoms with E-state index in [1.807, 2.05) is 23.1 Å². The Morgan fingerprint density at radius 2 is 2.05 bits per heavy atom. The van der Waals surface area contributed by atoms with Gasteiger partial charge in [-0.05, 0) is 30.4 Å². The molecule has 2 heterocycles. The Bertz CT molecular complexity index is 657. The standard InChI is InChI=1S/C16H20ClN3O/c1-11-6-12(2)9-19(8-11)16(21)10-20-15-5-3-4-14(17)13(15)7-18-20/h3-5,7,11-12H,6,8-10H2,1-2H3/t11-,12-/m1/s1. The third-order valence-electron chi connectivity index (χ3n) is 4.14. The lowest BCUT2D eigenvalue weighted by molar-refractivity contribution is -0.134. The number of aromatic nitrogens is 2. The smallest absolute Gasteiger partial charge is 0.244 e. The summed E-state index contributed by atoms with van der Waals surface area (Å²) >= 11 is 6.15. The van der Waals surface area contributed by atoms with E-state index in [9.17, 15) is 4.79 Å². The quantitative estimate of drug-likeness (QED) is 0.854. The minimum absolute atomic E-state index is 0.137. The first kappa shape index (κ1) is 14.4. The number of rotatable bonds is 2. The molecule has 1 aromatic carbocycles. The van der Waals surface area contributed by atoms with Crippen molar-refractivity contribution < 1.29 is 4.79 Å². The molecule has 3 rings (SSSR count). The second kappa shape index (κ2) is 5.68. The van der Waals surface area contributed by atoms with Crippen molar-refractivity contribution in [3.63, 3.8) is 0 Å². The Labute approximate surface area is 129 Å². The van der Waals surface area contributed by atoms with E-state index in [-0.39, 0.29) is 12.5 Å². The molecule has 1 aliphatic heterocycles. The minimum atomic E-state index is 0.137. The summed E-state index contributed by atoms with van der Waals surface area (Å²) in [4.78, 5) is 14.5. The van der Waals surface area contributed by atoms with Gasteiger partial charge in [-0.1, -0.05) is 31.5 Å². The summed E-state index contributed by atoms with van der Waals surface area (Å²) in [6.45, 7) is 6.40. The molecule has 112 valence electrons. The number of carbonyl (C=O) groups excluding carboxylic acids is 1. The maximum atomic E-state index is 12.5. The first-order valence-corrected chi connectivity index (χ1v) is 7.80. The number of hydrogen-bond acceptors (Lipinski definition) is 2. The van der Waals surface area contributed by atoms with Crippen LogP contribution in [0.4, 0.5) is 0 Å². The molecule has 1 aliphatic rings. The molecule has 5 heteroatoms. The van der Waals surface area contributed by atoms with Crippen LogP contribution in [-0.4, -0.2) is 33.7 Å². The van der Waals surface area contributed by atoms with Gasteiger partial charge in [-0.3, -0.25) is 9.48 Å². The van der Waals surface area contributed by atoms with E-state index < -0.39 is 0 Å². The van der Waals surface area contributed by atoms with Crippen molar-refractivity contribution in [2.24, 2.45) is 11.8 Å². The monoisotopic (exact) mass is 305 g/mol. The molecule has 0 spiro atoms. The van der Waals surface area contributed by atoms with Gasteiger partial charge in [0.15, 0.2) is 0 Å². The average Bonchev–Trinajstić information content (AvgIpc) is 2.82. The maximum absolute atomic E-state index is 12.5. The zero-order chi connectivity index (χ0) is 15.0. The van der Waals surface area contributed by atoms with E-state index in [2.05, 4.69) is 18.9 Å². The lowest BCUT2D eigenvalue weighted by Crippen LogP contribution is -2.44. The van der Waals surface area contributed by atoms with E-state index in [0.717, 1.165) is 24.0 Å². The summed E-state index contributed by atoms with van der Waals surface area (Å²) in [7, 11) is 0. The molecule has 0 aliphatic carbocycles. The van der Waals surface area contributed by atoms with Gasteiger partial charge >= 0.3 is 0 Å². The van der Waals surface area contributed by atoms with E-state index in [1.54, 1.807) is 10.9 Å². The molecular weight excluding hydrogens is 286 g/mol. The van der Waals surface area contributed by atoms with Gasteiger partial charge < -0.3 is 4.90 Å². The summed E-state index contributed by atoms with van der Waals surface area (Å²) in [6.07, 6.45) is 2.93. The molecule has 21 heavy (non-hydrogen) atoms. The Morgan fingerprint density at radius 3 is 2.76 bits per heavy atom. The van der Waals surface area contributed by atoms with Crippen LogP contribution in [0.3, 0.4) is 0 Å². The first-order valence-electron chi connectivity index (χ1n) is 7.42. The Morgan fingerprint density at radius 1 is 1.33 bits per heavy atom. The van der Waals surface area contributed by atoms with Crippen LogP contribution in [0.25, 0.3) is 10.9 Å². The molecule has 4 nitrogen and oxygen atoms in total. The summed E-state index contributed by atoms with van der Waals surface area (Å²) in [5.41, 5.74) is 0.911. The Hall–Kier alpha value is -1.55. The zero-order valence-electron chi connectivity index (χ0n) is 12.4. The number of benzene rings is 1. The summed E-state index contributed by atoms with van der Waals surface area (Å²) < 4.78 is 1.74. The highest BCUT2D eigenvalue weighted by atomic mass is 35.5. The number of piperidine rings is 1. The predicted octanol–water partition coefficient (Wildman–Crippen LogP) is 3.19. The van der Waals surface area contributed by atoms with Crippen molar-refractivity contribution >= 4 is 28.4 Å². The van der Waals surface area contributed by atoms with Gasteiger partial charge in [0, 0.05) is 18.5 Å². The molecule has 0 radical (unpaired) electrons. The zero-order valence-corrected chi connectivity index (χ0v) is 13.2. The van der Waals surface area contributed by atoms with Gasteiger partial charge in [-0.25, -0.2) is 0 Å². The highest BCUT2D eigenvalue weighted by Crippen LogP contribution is 2.24. The van der Waals surface area contributed by atoms with Crippen LogP contribution < -0.4 is 0 Å². The molecule has 1 fully saturated rings. The summed E-state index contributed by atoms with van der Waals surface area (Å²) in [6, 6.07) is 5.67. The largest absolute Gasteiger partial charge is 0.341 e. The number of nitrogens with zero attached hydrogens (tertiary/aromatic N) is 3. The number of carbonyl (C=O) groups is 1. The van der Waals surface area contributed by atoms with Crippen LogP contribution in [-0.2, 0) is 11.3 Å². The van der Waals surface area contributed by atoms with Crippen LogP contribution in [0.2, 0.25) is 5.02 Å². The van der Waals surface area contributed by atoms with Gasteiger partial charge in [0.25, 0.3) is 0 Å². The van der Waals surface area contributed by atoms with Gasteiger partial charge in [0.05, 0.1) is 16.7 Å². The van der Waals surface area contributed by atoms with Crippen molar-refractivity contribution in [2.45, 2.75) is 26.8 Å². The summed E-state index contributed by atoms with van der Waals surface area (Å²) in [5.74, 6) is 1.28. The SMILES string of the molecule is C[C@@H]1C[C@@H](C)CN(C(=O)Cn2ncc3c(Cl)cccc32)C1. The molecule has 2 aromatic rings. The van der Waals surface area contributed by atoms with Crippen LogP contribution in [0.5, 0.6) is 0 Å². The van der Waals surface area contributed by atoms with Crippen LogP contribution in [0, 0.1) is 11.8 Å². The molecule has 0 N–H and O–H groups in total. The average molecular weight is 306 g/mol. The van der Waals surface area contributed by atoms with E-state index in [4.69, 9.17) is 11.6 Å².